The lowest BCUT2D eigenvalue weighted by atomic mass is 9.95. The Balaban J connectivity index is 2.89. The van der Waals surface area contributed by atoms with Gasteiger partial charge in [0.05, 0.1) is 64.3 Å². The molecule has 0 aromatic rings. The van der Waals surface area contributed by atoms with Crippen LogP contribution in [0.2, 0.25) is 0 Å². The van der Waals surface area contributed by atoms with Crippen LogP contribution in [0.4, 0.5) is 0 Å². The number of nitrogens with one attached hydrogen (secondary N) is 2. The monoisotopic (exact) mass is 1870 g/mol. The average Bonchev–Trinajstić information content (AvgIpc) is 0.774. The summed E-state index contributed by atoms with van der Waals surface area (Å²) in [7, 11) is -10.8. The maximum atomic E-state index is 15.3. The highest BCUT2D eigenvalue weighted by atomic mass is 31.2. The van der Waals surface area contributed by atoms with Gasteiger partial charge in [0.2, 0.25) is 11.8 Å². The molecule has 0 saturated carbocycles. The highest BCUT2D eigenvalue weighted by Crippen LogP contribution is 2.43. The molecular formula is C98H186N2O26P2. The van der Waals surface area contributed by atoms with Gasteiger partial charge in [-0.15, -0.1) is 0 Å². The molecule has 2 amide bonds. The fourth-order valence-corrected chi connectivity index (χ4v) is 18.1. The van der Waals surface area contributed by atoms with Gasteiger partial charge in [0.25, 0.3) is 0 Å². The SMILES string of the molecule is CCCCCCCCCCCCCC(=O)O[C@H](CCCCCCCCCCC)CC(=O)N[C@H]1[C@H](OC[C@H]2O[C@H](OCCOP(=O)(O)O)[C@H](NC(=O)C[C@H](O)CCCCCCCCCCC)[C@@H](OC(=O)C[C@H](O)CCCCCCCCCCC)[C@@H]2O)O[C@H](CO)[C@@H](OP(=O)(O)O)[C@@H]1OC(=O)C[C@@H](CCCCCCCCCCC)OC(=O)CCCCCCCCCCCCC. The summed E-state index contributed by atoms with van der Waals surface area (Å²) in [4.78, 5) is 128. The normalized spacial score (nSPS) is 20.0. The van der Waals surface area contributed by atoms with E-state index in [1.54, 1.807) is 0 Å². The lowest BCUT2D eigenvalue weighted by molar-refractivity contribution is -0.305. The Morgan fingerprint density at radius 2 is 0.641 bits per heavy atom. The first kappa shape index (κ1) is 121. The Morgan fingerprint density at radius 1 is 0.336 bits per heavy atom. The van der Waals surface area contributed by atoms with E-state index in [1.807, 2.05) is 0 Å². The van der Waals surface area contributed by atoms with Crippen LogP contribution in [0.15, 0.2) is 0 Å². The van der Waals surface area contributed by atoms with E-state index in [9.17, 15) is 68.3 Å². The average molecular weight is 1870 g/mol. The van der Waals surface area contributed by atoms with E-state index in [1.165, 1.54) is 89.9 Å². The molecular weight excluding hydrogens is 1680 g/mol. The Morgan fingerprint density at radius 3 is 1.01 bits per heavy atom. The second kappa shape index (κ2) is 79.9. The molecule has 2 saturated heterocycles. The molecule has 754 valence electrons. The summed E-state index contributed by atoms with van der Waals surface area (Å²) >= 11 is 0. The molecule has 128 heavy (non-hydrogen) atoms. The number of ether oxygens (including phenoxy) is 8. The lowest BCUT2D eigenvalue weighted by Crippen LogP contribution is -2.68. The third-order valence-corrected chi connectivity index (χ3v) is 25.8. The van der Waals surface area contributed by atoms with E-state index in [2.05, 4.69) is 52.2 Å². The second-order valence-corrected chi connectivity index (χ2v) is 39.3. The van der Waals surface area contributed by atoms with E-state index in [0.717, 1.165) is 244 Å². The summed E-state index contributed by atoms with van der Waals surface area (Å²) in [5, 5.41) is 52.2. The number of hydrogen-bond acceptors (Lipinski definition) is 22. The standard InChI is InChI=1S/C98H186N2O26P2/c1-7-13-19-25-31-37-39-45-51-57-63-69-87(106)120-81(67-61-55-49-43-35-29-23-17-11-5)75-86(105)100-92-96(125-90(109)76-82(68-62-56-50-44-36-30-24-18-12-6)121-88(107)70-64-58-52-46-40-38-32-26-20-14-8-2)94(126-128(114,115)116)83(77-101)122-98(92)118-78-84-93(110)95(124-89(108)74-80(103)66-60-54-48-42-34-28-22-16-10-4)91(97(123-84)117-71-72-119-127(111,112)113)99-85(104)73-79(102)65-59-53-47-41-33-27-21-15-9-3/h79-84,91-98,101-103,110H,7-78H2,1-6H3,(H,99,104)(H,100,105)(H2,111,112,113)(H2,114,115,116)/t79-,80-,81-,82-,83-,84-,91-,92-,93-,94-,95-,96-,97+,98-/m1/s1. The zero-order valence-corrected chi connectivity index (χ0v) is 82.6. The molecule has 0 bridgehead atoms. The van der Waals surface area contributed by atoms with Crippen LogP contribution in [0.1, 0.15) is 478 Å². The van der Waals surface area contributed by atoms with Crippen molar-refractivity contribution in [1.82, 2.24) is 10.6 Å². The summed E-state index contributed by atoms with van der Waals surface area (Å²) in [6, 6.07) is -3.56. The highest BCUT2D eigenvalue weighted by molar-refractivity contribution is 7.46. The quantitative estimate of drug-likeness (QED) is 0.0117. The van der Waals surface area contributed by atoms with Gasteiger partial charge in [-0.1, -0.05) is 388 Å². The number of aliphatic hydroxyl groups is 4. The number of carbonyl (C=O) groups is 6. The van der Waals surface area contributed by atoms with Crippen molar-refractivity contribution in [1.29, 1.82) is 0 Å². The van der Waals surface area contributed by atoms with Crippen LogP contribution in [0.3, 0.4) is 0 Å². The van der Waals surface area contributed by atoms with Crippen LogP contribution in [0.25, 0.3) is 0 Å². The predicted octanol–water partition coefficient (Wildman–Crippen LogP) is 21.4. The summed E-state index contributed by atoms with van der Waals surface area (Å²) in [6.45, 7) is 9.65. The Kier molecular flexibility index (Phi) is 75.4. The summed E-state index contributed by atoms with van der Waals surface area (Å²) in [5.74, 6) is -4.79. The first-order valence-electron chi connectivity index (χ1n) is 51.8. The number of phosphoric ester groups is 2. The van der Waals surface area contributed by atoms with Crippen molar-refractivity contribution in [2.75, 3.05) is 26.4 Å². The molecule has 2 fully saturated rings. The van der Waals surface area contributed by atoms with Crippen molar-refractivity contribution < 1.29 is 125 Å². The van der Waals surface area contributed by atoms with E-state index in [0.29, 0.717) is 38.5 Å². The van der Waals surface area contributed by atoms with Crippen LogP contribution in [0, 0.1) is 0 Å². The van der Waals surface area contributed by atoms with Crippen molar-refractivity contribution in [2.24, 2.45) is 0 Å². The molecule has 2 aliphatic rings. The molecule has 2 heterocycles. The maximum Gasteiger partial charge on any atom is 0.470 e. The minimum Gasteiger partial charge on any atom is -0.462 e. The van der Waals surface area contributed by atoms with Crippen molar-refractivity contribution in [3.8, 4) is 0 Å². The summed E-state index contributed by atoms with van der Waals surface area (Å²) in [5.41, 5.74) is 0. The first-order chi connectivity index (χ1) is 61.8. The van der Waals surface area contributed by atoms with Gasteiger partial charge in [-0.05, 0) is 51.4 Å². The van der Waals surface area contributed by atoms with E-state index >= 15 is 9.59 Å². The number of esters is 4. The maximum absolute atomic E-state index is 15.3. The zero-order valence-electron chi connectivity index (χ0n) is 80.8. The number of rotatable bonds is 89. The molecule has 0 spiro atoms. The van der Waals surface area contributed by atoms with Crippen molar-refractivity contribution in [3.63, 3.8) is 0 Å². The largest absolute Gasteiger partial charge is 0.470 e. The molecule has 0 aliphatic carbocycles. The molecule has 0 aromatic carbocycles. The minimum atomic E-state index is -5.68. The van der Waals surface area contributed by atoms with Crippen LogP contribution in [-0.2, 0) is 84.8 Å². The Labute approximate surface area is 773 Å². The molecule has 2 rings (SSSR count). The Hall–Kier alpha value is -3.28. The first-order valence-corrected chi connectivity index (χ1v) is 54.9. The fourth-order valence-electron chi connectivity index (χ4n) is 17.2. The molecule has 28 nitrogen and oxygen atoms in total. The third kappa shape index (κ3) is 65.4. The van der Waals surface area contributed by atoms with Crippen LogP contribution in [0.5, 0.6) is 0 Å². The van der Waals surface area contributed by atoms with E-state index < -0.39 is 189 Å². The Bertz CT molecular complexity index is 2810. The van der Waals surface area contributed by atoms with Gasteiger partial charge in [0, 0.05) is 12.8 Å². The number of aliphatic hydroxyl groups excluding tert-OH is 4. The van der Waals surface area contributed by atoms with Gasteiger partial charge < -0.3 is 88.5 Å². The van der Waals surface area contributed by atoms with Crippen molar-refractivity contribution in [3.05, 3.63) is 0 Å². The number of carbonyl (C=O) groups excluding carboxylic acids is 6. The van der Waals surface area contributed by atoms with Crippen LogP contribution < -0.4 is 10.6 Å². The number of amides is 2. The van der Waals surface area contributed by atoms with E-state index in [-0.39, 0.29) is 38.5 Å². The lowest BCUT2D eigenvalue weighted by Gasteiger charge is -2.47. The highest BCUT2D eigenvalue weighted by Gasteiger charge is 2.54. The number of hydrogen-bond donors (Lipinski definition) is 10. The molecule has 0 aromatic heterocycles. The molecule has 30 heteroatoms. The van der Waals surface area contributed by atoms with Gasteiger partial charge in [0.15, 0.2) is 24.8 Å². The van der Waals surface area contributed by atoms with Gasteiger partial charge in [-0.2, -0.15) is 0 Å². The van der Waals surface area contributed by atoms with Crippen molar-refractivity contribution in [2.45, 2.75) is 564 Å². The number of unbranched alkanes of at least 4 members (excludes halogenated alkanes) is 52. The number of phosphoric acid groups is 2. The molecule has 0 unspecified atom stereocenters. The molecule has 0 radical (unpaired) electrons. The summed E-state index contributed by atoms with van der Waals surface area (Å²) in [6.07, 6.45) is 38.4. The predicted molar refractivity (Wildman–Crippen MR) is 501 cm³/mol. The van der Waals surface area contributed by atoms with Gasteiger partial charge in [-0.3, -0.25) is 37.8 Å². The van der Waals surface area contributed by atoms with Crippen LogP contribution >= 0.6 is 15.6 Å². The van der Waals surface area contributed by atoms with E-state index in [4.69, 9.17) is 46.9 Å². The topological polar surface area (TPSA) is 415 Å². The van der Waals surface area contributed by atoms with Gasteiger partial charge in [0.1, 0.15) is 48.7 Å². The van der Waals surface area contributed by atoms with Gasteiger partial charge >= 0.3 is 39.5 Å². The second-order valence-electron chi connectivity index (χ2n) is 36.8. The smallest absolute Gasteiger partial charge is 0.462 e. The minimum absolute atomic E-state index is 0.0839. The fraction of sp³-hybridized carbons (Fsp3) is 0.939. The molecule has 2 aliphatic heterocycles. The van der Waals surface area contributed by atoms with Crippen molar-refractivity contribution >= 4 is 51.3 Å². The molecule has 14 atom stereocenters. The third-order valence-electron chi connectivity index (χ3n) is 24.7. The summed E-state index contributed by atoms with van der Waals surface area (Å²) < 4.78 is 85.6. The van der Waals surface area contributed by atoms with Crippen LogP contribution in [-0.4, -0.2) is 188 Å². The van der Waals surface area contributed by atoms with Gasteiger partial charge in [-0.25, -0.2) is 9.13 Å². The molecule has 10 N–H and O–H groups in total. The zero-order chi connectivity index (χ0) is 93.9.